The van der Waals surface area contributed by atoms with Crippen molar-refractivity contribution in [2.45, 2.75) is 96.9 Å². The molecule has 0 saturated carbocycles. The normalized spacial score (nSPS) is 19.4. The molecule has 2 atom stereocenters. The molecular weight excluding hydrogens is 598 g/mol. The topological polar surface area (TPSA) is 127 Å². The van der Waals surface area contributed by atoms with Gasteiger partial charge >= 0.3 is 12.2 Å². The molecule has 1 aromatic heterocycles. The highest BCUT2D eigenvalue weighted by Gasteiger charge is 2.38. The molecule has 0 aliphatic carbocycles. The summed E-state index contributed by atoms with van der Waals surface area (Å²) in [6, 6.07) is 12.7. The quantitative estimate of drug-likeness (QED) is 0.308. The Kier molecular flexibility index (Phi) is 8.59. The van der Waals surface area contributed by atoms with Gasteiger partial charge in [-0.2, -0.15) is 0 Å². The Hall–Kier alpha value is -4.67. The van der Waals surface area contributed by atoms with Crippen LogP contribution in [0.5, 0.6) is 0 Å². The molecule has 3 amide bonds. The highest BCUT2D eigenvalue weighted by molar-refractivity contribution is 6.00. The number of hydrogen-bond donors (Lipinski definition) is 1. The number of oxazole rings is 1. The van der Waals surface area contributed by atoms with E-state index >= 15 is 0 Å². The Balaban J connectivity index is 1.14. The standard InChI is InChI=1S/C36H43N5O6/c1-35(2,3)46-33(43)40-16-8-12-28(40)27-19-22-14-15-23(20-26(22)39-27)30-21-37-32(45-30)24-10-7-11-25(18-24)38-31(42)29-13-9-17-41(29)34(44)47-36(4,5)6/h7,10-11,14-15,18,20-21,28-29H,8-9,12-13,16-17,19H2,1-6H3,(H,38,42)/t28-,29-/m0/s1. The van der Waals surface area contributed by atoms with Crippen LogP contribution in [0.2, 0.25) is 0 Å². The van der Waals surface area contributed by atoms with Gasteiger partial charge in [0, 0.05) is 42.0 Å². The zero-order valence-corrected chi connectivity index (χ0v) is 28.0. The fraction of sp³-hybridized carbons (Fsp3) is 0.472. The number of nitrogens with one attached hydrogen (secondary N) is 1. The average Bonchev–Trinajstić information content (AvgIpc) is 3.80. The first-order chi connectivity index (χ1) is 22.2. The first-order valence-corrected chi connectivity index (χ1v) is 16.3. The maximum atomic E-state index is 13.2. The molecule has 47 heavy (non-hydrogen) atoms. The van der Waals surface area contributed by atoms with Crippen molar-refractivity contribution in [2.75, 3.05) is 18.4 Å². The summed E-state index contributed by atoms with van der Waals surface area (Å²) in [5, 5.41) is 2.95. The molecule has 3 aliphatic heterocycles. The minimum Gasteiger partial charge on any atom is -0.444 e. The van der Waals surface area contributed by atoms with Crippen LogP contribution >= 0.6 is 0 Å². The fourth-order valence-corrected chi connectivity index (χ4v) is 6.28. The van der Waals surface area contributed by atoms with Crippen LogP contribution in [0.25, 0.3) is 22.8 Å². The number of aromatic nitrogens is 1. The number of likely N-dealkylation sites (tertiary alicyclic amines) is 2. The molecule has 2 fully saturated rings. The van der Waals surface area contributed by atoms with Crippen molar-refractivity contribution in [3.05, 3.63) is 54.2 Å². The molecule has 0 spiro atoms. The first kappa shape index (κ1) is 32.3. The van der Waals surface area contributed by atoms with E-state index in [1.807, 2.05) is 65.8 Å². The number of benzene rings is 2. The zero-order valence-electron chi connectivity index (χ0n) is 28.0. The van der Waals surface area contributed by atoms with Gasteiger partial charge in [-0.15, -0.1) is 0 Å². The molecule has 0 unspecified atom stereocenters. The van der Waals surface area contributed by atoms with Gasteiger partial charge in [0.05, 0.1) is 17.9 Å². The Labute approximate surface area is 275 Å². The van der Waals surface area contributed by atoms with E-state index in [0.717, 1.165) is 41.8 Å². The van der Waals surface area contributed by atoms with Crippen molar-refractivity contribution in [1.82, 2.24) is 14.8 Å². The van der Waals surface area contributed by atoms with Crippen LogP contribution in [-0.4, -0.2) is 75.0 Å². The van der Waals surface area contributed by atoms with Crippen LogP contribution in [0.4, 0.5) is 21.0 Å². The Morgan fingerprint density at radius 3 is 2.32 bits per heavy atom. The highest BCUT2D eigenvalue weighted by atomic mass is 16.6. The van der Waals surface area contributed by atoms with Crippen LogP contribution in [0, 0.1) is 0 Å². The number of anilines is 1. The molecule has 11 heteroatoms. The van der Waals surface area contributed by atoms with Gasteiger partial charge in [0.15, 0.2) is 5.76 Å². The summed E-state index contributed by atoms with van der Waals surface area (Å²) in [6.07, 6.45) is 4.69. The third kappa shape index (κ3) is 7.34. The molecular formula is C36H43N5O6. The summed E-state index contributed by atoms with van der Waals surface area (Å²) in [7, 11) is 0. The molecule has 3 aliphatic rings. The molecule has 2 saturated heterocycles. The van der Waals surface area contributed by atoms with Crippen molar-refractivity contribution < 1.29 is 28.3 Å². The van der Waals surface area contributed by atoms with E-state index in [9.17, 15) is 14.4 Å². The minimum atomic E-state index is -0.638. The second kappa shape index (κ2) is 12.5. The van der Waals surface area contributed by atoms with E-state index in [1.54, 1.807) is 23.2 Å². The lowest BCUT2D eigenvalue weighted by molar-refractivity contribution is -0.120. The Morgan fingerprint density at radius 1 is 0.872 bits per heavy atom. The monoisotopic (exact) mass is 641 g/mol. The molecule has 2 aromatic carbocycles. The Morgan fingerprint density at radius 2 is 1.57 bits per heavy atom. The van der Waals surface area contributed by atoms with E-state index in [0.29, 0.717) is 48.8 Å². The Bertz CT molecular complexity index is 1710. The van der Waals surface area contributed by atoms with Crippen molar-refractivity contribution in [2.24, 2.45) is 4.99 Å². The lowest BCUT2D eigenvalue weighted by Gasteiger charge is -2.28. The molecule has 11 nitrogen and oxygen atoms in total. The number of hydrogen-bond acceptors (Lipinski definition) is 8. The van der Waals surface area contributed by atoms with Crippen LogP contribution in [0.1, 0.15) is 72.8 Å². The van der Waals surface area contributed by atoms with E-state index < -0.39 is 23.3 Å². The fourth-order valence-electron chi connectivity index (χ4n) is 6.28. The number of ether oxygens (including phenoxy) is 2. The van der Waals surface area contributed by atoms with E-state index in [2.05, 4.69) is 16.4 Å². The van der Waals surface area contributed by atoms with Crippen molar-refractivity contribution in [1.29, 1.82) is 0 Å². The molecule has 248 valence electrons. The van der Waals surface area contributed by atoms with Crippen molar-refractivity contribution in [3.8, 4) is 22.8 Å². The SMILES string of the molecule is CC(C)(C)OC(=O)N1CCC[C@H]1C(=O)Nc1cccc(-c2ncc(-c3ccc4c(c3)N=C([C@@H]3CCCN3C(=O)OC(C)(C)C)C4)o2)c1. The van der Waals surface area contributed by atoms with Crippen molar-refractivity contribution in [3.63, 3.8) is 0 Å². The average molecular weight is 642 g/mol. The van der Waals surface area contributed by atoms with Gasteiger partial charge in [-0.25, -0.2) is 14.6 Å². The summed E-state index contributed by atoms with van der Waals surface area (Å²) in [4.78, 5) is 51.5. The molecule has 0 radical (unpaired) electrons. The maximum absolute atomic E-state index is 13.2. The first-order valence-electron chi connectivity index (χ1n) is 16.3. The summed E-state index contributed by atoms with van der Waals surface area (Å²) in [5.41, 5.74) is 3.88. The second-order valence-corrected chi connectivity index (χ2v) is 14.4. The van der Waals surface area contributed by atoms with E-state index in [-0.39, 0.29) is 18.0 Å². The second-order valence-electron chi connectivity index (χ2n) is 14.4. The summed E-state index contributed by atoms with van der Waals surface area (Å²) in [6.45, 7) is 12.2. The molecule has 4 heterocycles. The van der Waals surface area contributed by atoms with Crippen LogP contribution in [0.3, 0.4) is 0 Å². The van der Waals surface area contributed by atoms with Gasteiger partial charge in [-0.1, -0.05) is 18.2 Å². The lowest BCUT2D eigenvalue weighted by Crippen LogP contribution is -2.45. The number of carbonyl (C=O) groups excluding carboxylic acids is 3. The number of aliphatic imine (C=N–C) groups is 1. The minimum absolute atomic E-state index is 0.0700. The maximum Gasteiger partial charge on any atom is 0.410 e. The third-order valence-corrected chi connectivity index (χ3v) is 8.34. The number of nitrogens with zero attached hydrogens (tertiary/aromatic N) is 4. The summed E-state index contributed by atoms with van der Waals surface area (Å²) in [5.74, 6) is 0.746. The number of carbonyl (C=O) groups is 3. The molecule has 0 bridgehead atoms. The van der Waals surface area contributed by atoms with Gasteiger partial charge in [0.25, 0.3) is 0 Å². The zero-order chi connectivity index (χ0) is 33.5. The van der Waals surface area contributed by atoms with Crippen LogP contribution < -0.4 is 5.32 Å². The number of fused-ring (bicyclic) bond motifs is 1. The van der Waals surface area contributed by atoms with Gasteiger partial charge in [-0.3, -0.25) is 19.6 Å². The smallest absolute Gasteiger partial charge is 0.410 e. The predicted octanol–water partition coefficient (Wildman–Crippen LogP) is 7.37. The summed E-state index contributed by atoms with van der Waals surface area (Å²) >= 11 is 0. The van der Waals surface area contributed by atoms with Gasteiger partial charge in [0.2, 0.25) is 11.8 Å². The van der Waals surface area contributed by atoms with Crippen LogP contribution in [0.15, 0.2) is 58.1 Å². The lowest BCUT2D eigenvalue weighted by atomic mass is 10.0. The largest absolute Gasteiger partial charge is 0.444 e. The van der Waals surface area contributed by atoms with Gasteiger partial charge in [-0.05, 0) is 97.1 Å². The third-order valence-electron chi connectivity index (χ3n) is 8.34. The van der Waals surface area contributed by atoms with Gasteiger partial charge in [0.1, 0.15) is 17.2 Å². The van der Waals surface area contributed by atoms with Crippen molar-refractivity contribution >= 4 is 35.2 Å². The van der Waals surface area contributed by atoms with Gasteiger partial charge < -0.3 is 19.2 Å². The van der Waals surface area contributed by atoms with E-state index in [4.69, 9.17) is 18.9 Å². The highest BCUT2D eigenvalue weighted by Crippen LogP contribution is 2.36. The molecule has 1 N–H and O–H groups in total. The molecule has 3 aromatic rings. The number of amides is 3. The molecule has 6 rings (SSSR count). The number of rotatable bonds is 5. The predicted molar refractivity (Wildman–Crippen MR) is 179 cm³/mol. The summed E-state index contributed by atoms with van der Waals surface area (Å²) < 4.78 is 17.3. The van der Waals surface area contributed by atoms with Crippen LogP contribution in [-0.2, 0) is 20.7 Å². The van der Waals surface area contributed by atoms with E-state index in [1.165, 1.54) is 4.90 Å².